The van der Waals surface area contributed by atoms with Crippen LogP contribution >= 0.6 is 24.8 Å². The third kappa shape index (κ3) is 7.74. The Morgan fingerprint density at radius 2 is 1.67 bits per heavy atom. The fraction of sp³-hybridized carbons (Fsp3) is 0.577. The maximum Gasteiger partial charge on any atom is 0.161 e. The van der Waals surface area contributed by atoms with Crippen molar-refractivity contribution < 1.29 is 9.47 Å². The van der Waals surface area contributed by atoms with E-state index >= 15 is 0 Å². The van der Waals surface area contributed by atoms with E-state index < -0.39 is 0 Å². The normalized spacial score (nSPS) is 18.9. The van der Waals surface area contributed by atoms with Crippen molar-refractivity contribution in [2.75, 3.05) is 53.5 Å². The average molecular weight is 497 g/mol. The molecule has 184 valence electrons. The molecule has 3 heterocycles. The van der Waals surface area contributed by atoms with E-state index in [4.69, 9.17) is 9.47 Å². The largest absolute Gasteiger partial charge is 0.493 e. The lowest BCUT2D eigenvalue weighted by molar-refractivity contribution is 0.134. The molecular formula is C26H39Cl2N3O2. The third-order valence-corrected chi connectivity index (χ3v) is 6.88. The molecule has 1 saturated heterocycles. The second kappa shape index (κ2) is 14.0. The fourth-order valence-corrected chi connectivity index (χ4v) is 5.20. The Balaban J connectivity index is 0.00000193. The number of fused-ring (bicyclic) bond motifs is 1. The molecule has 0 saturated carbocycles. The summed E-state index contributed by atoms with van der Waals surface area (Å²) in [5.41, 5.74) is 4.19. The Morgan fingerprint density at radius 3 is 2.27 bits per heavy atom. The Bertz CT molecular complexity index is 803. The summed E-state index contributed by atoms with van der Waals surface area (Å²) in [6, 6.07) is 8.59. The molecule has 0 amide bonds. The molecule has 33 heavy (non-hydrogen) atoms. The Kier molecular flexibility index (Phi) is 11.8. The van der Waals surface area contributed by atoms with Gasteiger partial charge in [0.1, 0.15) is 0 Å². The quantitative estimate of drug-likeness (QED) is 0.530. The molecule has 1 unspecified atom stereocenters. The fourth-order valence-electron chi connectivity index (χ4n) is 5.20. The summed E-state index contributed by atoms with van der Waals surface area (Å²) in [4.78, 5) is 9.61. The number of likely N-dealkylation sites (tertiary alicyclic amines) is 1. The predicted octanol–water partition coefficient (Wildman–Crippen LogP) is 4.69. The zero-order valence-corrected chi connectivity index (χ0v) is 21.6. The molecule has 1 aromatic heterocycles. The van der Waals surface area contributed by atoms with Gasteiger partial charge in [0.2, 0.25) is 0 Å². The van der Waals surface area contributed by atoms with Gasteiger partial charge in [-0.15, -0.1) is 24.8 Å². The van der Waals surface area contributed by atoms with Gasteiger partial charge in [-0.25, -0.2) is 0 Å². The summed E-state index contributed by atoms with van der Waals surface area (Å²) in [5.74, 6) is 2.49. The molecule has 0 bridgehead atoms. The standard InChI is InChI=1S/C26H37N3O2.2ClH/c1-30-25-16-23-9-14-29(15-10-24(23)17-26(25)31-2)20-22-8-5-13-28(19-22)12-4-7-21-6-3-11-27-18-21;;/h3,6,11,16-18,22H,4-5,7-10,12-15,19-20H2,1-2H3;2*1H. The van der Waals surface area contributed by atoms with Gasteiger partial charge < -0.3 is 19.3 Å². The van der Waals surface area contributed by atoms with Crippen molar-refractivity contribution in [3.63, 3.8) is 0 Å². The predicted molar refractivity (Wildman–Crippen MR) is 140 cm³/mol. The van der Waals surface area contributed by atoms with Gasteiger partial charge in [-0.1, -0.05) is 6.07 Å². The number of halogens is 2. The first-order valence-corrected chi connectivity index (χ1v) is 11.8. The van der Waals surface area contributed by atoms with E-state index in [-0.39, 0.29) is 24.8 Å². The number of pyridine rings is 1. The minimum atomic E-state index is 0. The lowest BCUT2D eigenvalue weighted by atomic mass is 9.97. The lowest BCUT2D eigenvalue weighted by Gasteiger charge is -2.35. The van der Waals surface area contributed by atoms with Crippen molar-refractivity contribution in [3.8, 4) is 11.5 Å². The summed E-state index contributed by atoms with van der Waals surface area (Å²) >= 11 is 0. The van der Waals surface area contributed by atoms with Crippen molar-refractivity contribution in [1.82, 2.24) is 14.8 Å². The maximum absolute atomic E-state index is 5.52. The molecule has 1 atom stereocenters. The molecule has 5 nitrogen and oxygen atoms in total. The number of aryl methyl sites for hydroxylation is 1. The monoisotopic (exact) mass is 495 g/mol. The minimum Gasteiger partial charge on any atom is -0.493 e. The van der Waals surface area contributed by atoms with Crippen LogP contribution in [0.3, 0.4) is 0 Å². The van der Waals surface area contributed by atoms with E-state index in [0.29, 0.717) is 0 Å². The van der Waals surface area contributed by atoms with Crippen LogP contribution in [0.25, 0.3) is 0 Å². The summed E-state index contributed by atoms with van der Waals surface area (Å²) < 4.78 is 11.0. The number of nitrogens with zero attached hydrogens (tertiary/aromatic N) is 3. The number of methoxy groups -OCH3 is 2. The van der Waals surface area contributed by atoms with Gasteiger partial charge in [0.05, 0.1) is 14.2 Å². The van der Waals surface area contributed by atoms with Gasteiger partial charge in [-0.05, 0) is 92.4 Å². The van der Waals surface area contributed by atoms with Crippen molar-refractivity contribution in [2.24, 2.45) is 5.92 Å². The van der Waals surface area contributed by atoms with Crippen LogP contribution in [0, 0.1) is 5.92 Å². The zero-order valence-electron chi connectivity index (χ0n) is 20.0. The number of benzene rings is 1. The maximum atomic E-state index is 5.52. The number of hydrogen-bond donors (Lipinski definition) is 0. The minimum absolute atomic E-state index is 0. The molecule has 0 N–H and O–H groups in total. The Labute approximate surface area is 211 Å². The van der Waals surface area contributed by atoms with E-state index in [1.807, 2.05) is 18.5 Å². The molecule has 4 rings (SSSR count). The van der Waals surface area contributed by atoms with E-state index in [0.717, 1.165) is 49.8 Å². The molecule has 0 radical (unpaired) electrons. The van der Waals surface area contributed by atoms with Crippen LogP contribution < -0.4 is 9.47 Å². The van der Waals surface area contributed by atoms with Gasteiger partial charge in [-0.3, -0.25) is 4.98 Å². The Hall–Kier alpha value is -1.53. The zero-order chi connectivity index (χ0) is 21.5. The second-order valence-electron chi connectivity index (χ2n) is 9.05. The first-order chi connectivity index (χ1) is 15.2. The van der Waals surface area contributed by atoms with E-state index in [1.165, 1.54) is 62.1 Å². The summed E-state index contributed by atoms with van der Waals surface area (Å²) in [7, 11) is 3.44. The number of hydrogen-bond acceptors (Lipinski definition) is 5. The summed E-state index contributed by atoms with van der Waals surface area (Å²) in [5, 5.41) is 0. The number of rotatable bonds is 8. The van der Waals surface area contributed by atoms with Crippen LogP contribution in [0.5, 0.6) is 11.5 Å². The van der Waals surface area contributed by atoms with Crippen molar-refractivity contribution in [1.29, 1.82) is 0 Å². The van der Waals surface area contributed by atoms with Crippen LogP contribution in [-0.2, 0) is 19.3 Å². The number of piperidine rings is 1. The Morgan fingerprint density at radius 1 is 0.970 bits per heavy atom. The highest BCUT2D eigenvalue weighted by molar-refractivity contribution is 5.85. The lowest BCUT2D eigenvalue weighted by Crippen LogP contribution is -2.42. The molecular weight excluding hydrogens is 457 g/mol. The van der Waals surface area contributed by atoms with E-state index in [9.17, 15) is 0 Å². The van der Waals surface area contributed by atoms with Crippen LogP contribution in [0.15, 0.2) is 36.7 Å². The van der Waals surface area contributed by atoms with Crippen molar-refractivity contribution >= 4 is 24.8 Å². The van der Waals surface area contributed by atoms with Gasteiger partial charge in [0, 0.05) is 38.6 Å². The highest BCUT2D eigenvalue weighted by atomic mass is 35.5. The third-order valence-electron chi connectivity index (χ3n) is 6.88. The van der Waals surface area contributed by atoms with Gasteiger partial charge in [0.15, 0.2) is 11.5 Å². The molecule has 2 aromatic rings. The molecule has 0 aliphatic carbocycles. The van der Waals surface area contributed by atoms with Crippen LogP contribution in [-0.4, -0.2) is 68.3 Å². The van der Waals surface area contributed by atoms with Crippen molar-refractivity contribution in [3.05, 3.63) is 53.3 Å². The number of aromatic nitrogens is 1. The van der Waals surface area contributed by atoms with E-state index in [2.05, 4.69) is 33.0 Å². The SMILES string of the molecule is COc1cc2c(cc1OC)CCN(CC1CCCN(CCCc3cccnc3)C1)CC2.Cl.Cl. The molecule has 2 aliphatic heterocycles. The highest BCUT2D eigenvalue weighted by Gasteiger charge is 2.24. The topological polar surface area (TPSA) is 37.8 Å². The second-order valence-corrected chi connectivity index (χ2v) is 9.05. The van der Waals surface area contributed by atoms with Crippen molar-refractivity contribution in [2.45, 2.75) is 38.5 Å². The first-order valence-electron chi connectivity index (χ1n) is 11.8. The number of ether oxygens (including phenoxy) is 2. The van der Waals surface area contributed by atoms with Crippen LogP contribution in [0.1, 0.15) is 36.0 Å². The first kappa shape index (κ1) is 27.7. The molecule has 1 fully saturated rings. The van der Waals surface area contributed by atoms with Gasteiger partial charge in [-0.2, -0.15) is 0 Å². The van der Waals surface area contributed by atoms with Gasteiger partial charge >= 0.3 is 0 Å². The summed E-state index contributed by atoms with van der Waals surface area (Å²) in [6.07, 6.45) is 11.1. The summed E-state index contributed by atoms with van der Waals surface area (Å²) in [6.45, 7) is 7.21. The molecule has 7 heteroatoms. The molecule has 0 spiro atoms. The molecule has 1 aromatic carbocycles. The van der Waals surface area contributed by atoms with Crippen LogP contribution in [0.2, 0.25) is 0 Å². The van der Waals surface area contributed by atoms with E-state index in [1.54, 1.807) is 14.2 Å². The smallest absolute Gasteiger partial charge is 0.161 e. The van der Waals surface area contributed by atoms with Gasteiger partial charge in [0.25, 0.3) is 0 Å². The van der Waals surface area contributed by atoms with Crippen LogP contribution in [0.4, 0.5) is 0 Å². The molecule has 2 aliphatic rings. The highest BCUT2D eigenvalue weighted by Crippen LogP contribution is 2.32. The average Bonchev–Trinajstić information content (AvgIpc) is 3.01.